The highest BCUT2D eigenvalue weighted by atomic mass is 16.5. The topological polar surface area (TPSA) is 24.5 Å². The van der Waals surface area contributed by atoms with Crippen LogP contribution in [0.15, 0.2) is 0 Å². The lowest BCUT2D eigenvalue weighted by Gasteiger charge is -2.48. The Balaban J connectivity index is 2.03. The lowest BCUT2D eigenvalue weighted by Crippen LogP contribution is -2.65. The Kier molecular flexibility index (Phi) is 5.38. The van der Waals surface area contributed by atoms with Gasteiger partial charge in [-0.25, -0.2) is 0 Å². The first-order chi connectivity index (χ1) is 9.78. The van der Waals surface area contributed by atoms with Crippen molar-refractivity contribution in [1.29, 1.82) is 0 Å². The molecule has 124 valence electrons. The molecule has 2 fully saturated rings. The first kappa shape index (κ1) is 17.2. The standard InChI is InChI=1S/C18H36N2O/c1-7-14(3)16-11-19-18(6,8-2)13-20(16)12-15-9-10-17(4,5)21-15/h14-16,19H,7-13H2,1-6H3. The molecule has 0 amide bonds. The van der Waals surface area contributed by atoms with Crippen LogP contribution in [0.4, 0.5) is 0 Å². The van der Waals surface area contributed by atoms with Gasteiger partial charge in [0.25, 0.3) is 0 Å². The lowest BCUT2D eigenvalue weighted by molar-refractivity contribution is -0.0484. The Labute approximate surface area is 131 Å². The molecule has 2 aliphatic rings. The normalized spacial score (nSPS) is 38.6. The first-order valence-corrected chi connectivity index (χ1v) is 8.95. The van der Waals surface area contributed by atoms with E-state index in [-0.39, 0.29) is 11.1 Å². The zero-order valence-electron chi connectivity index (χ0n) is 15.0. The minimum Gasteiger partial charge on any atom is -0.371 e. The highest BCUT2D eigenvalue weighted by molar-refractivity contribution is 4.97. The molecule has 0 spiro atoms. The molecule has 21 heavy (non-hydrogen) atoms. The predicted octanol–water partition coefficient (Wildman–Crippen LogP) is 3.43. The van der Waals surface area contributed by atoms with E-state index in [0.29, 0.717) is 12.1 Å². The van der Waals surface area contributed by atoms with Gasteiger partial charge < -0.3 is 10.1 Å². The van der Waals surface area contributed by atoms with Crippen molar-refractivity contribution < 1.29 is 4.74 Å². The summed E-state index contributed by atoms with van der Waals surface area (Å²) in [6.45, 7) is 17.2. The van der Waals surface area contributed by atoms with E-state index in [2.05, 4.69) is 51.8 Å². The van der Waals surface area contributed by atoms with Gasteiger partial charge in [0.05, 0.1) is 11.7 Å². The van der Waals surface area contributed by atoms with Crippen molar-refractivity contribution in [3.63, 3.8) is 0 Å². The summed E-state index contributed by atoms with van der Waals surface area (Å²) >= 11 is 0. The molecule has 0 radical (unpaired) electrons. The van der Waals surface area contributed by atoms with Crippen LogP contribution in [-0.4, -0.2) is 47.8 Å². The quantitative estimate of drug-likeness (QED) is 0.841. The summed E-state index contributed by atoms with van der Waals surface area (Å²) in [5.74, 6) is 0.744. The second-order valence-electron chi connectivity index (χ2n) is 8.22. The van der Waals surface area contributed by atoms with E-state index in [1.54, 1.807) is 0 Å². The molecule has 2 saturated heterocycles. The van der Waals surface area contributed by atoms with E-state index < -0.39 is 0 Å². The van der Waals surface area contributed by atoms with Crippen LogP contribution >= 0.6 is 0 Å². The monoisotopic (exact) mass is 296 g/mol. The van der Waals surface area contributed by atoms with Crippen LogP contribution in [0.1, 0.15) is 67.2 Å². The fourth-order valence-electron chi connectivity index (χ4n) is 3.84. The number of hydrogen-bond acceptors (Lipinski definition) is 3. The van der Waals surface area contributed by atoms with Crippen molar-refractivity contribution in [1.82, 2.24) is 10.2 Å². The smallest absolute Gasteiger partial charge is 0.0710 e. The number of nitrogens with zero attached hydrogens (tertiary/aromatic N) is 1. The lowest BCUT2D eigenvalue weighted by atomic mass is 9.88. The molecule has 0 aromatic carbocycles. The molecule has 3 heteroatoms. The maximum atomic E-state index is 6.25. The minimum atomic E-state index is 0.0820. The number of piperazine rings is 1. The highest BCUT2D eigenvalue weighted by Crippen LogP contribution is 2.32. The fourth-order valence-corrected chi connectivity index (χ4v) is 3.84. The van der Waals surface area contributed by atoms with E-state index >= 15 is 0 Å². The second-order valence-corrected chi connectivity index (χ2v) is 8.22. The van der Waals surface area contributed by atoms with E-state index in [1.807, 2.05) is 0 Å². The number of ether oxygens (including phenoxy) is 1. The van der Waals surface area contributed by atoms with Crippen molar-refractivity contribution in [2.45, 2.75) is 90.5 Å². The van der Waals surface area contributed by atoms with Crippen molar-refractivity contribution >= 4 is 0 Å². The zero-order chi connectivity index (χ0) is 15.7. The Bertz CT molecular complexity index is 344. The number of rotatable bonds is 5. The highest BCUT2D eigenvalue weighted by Gasteiger charge is 2.39. The van der Waals surface area contributed by atoms with Crippen LogP contribution in [0.25, 0.3) is 0 Å². The van der Waals surface area contributed by atoms with Gasteiger partial charge in [-0.3, -0.25) is 4.90 Å². The maximum absolute atomic E-state index is 6.25. The second kappa shape index (κ2) is 6.55. The Morgan fingerprint density at radius 3 is 2.52 bits per heavy atom. The van der Waals surface area contributed by atoms with Crippen molar-refractivity contribution in [2.75, 3.05) is 19.6 Å². The summed E-state index contributed by atoms with van der Waals surface area (Å²) in [5, 5.41) is 3.80. The van der Waals surface area contributed by atoms with E-state index in [0.717, 1.165) is 25.6 Å². The third-order valence-corrected chi connectivity index (χ3v) is 5.83. The van der Waals surface area contributed by atoms with Crippen LogP contribution in [0, 0.1) is 5.92 Å². The van der Waals surface area contributed by atoms with Gasteiger partial charge in [0.2, 0.25) is 0 Å². The first-order valence-electron chi connectivity index (χ1n) is 8.95. The molecule has 0 aromatic heterocycles. The average molecular weight is 296 g/mol. The Hall–Kier alpha value is -0.120. The summed E-state index contributed by atoms with van der Waals surface area (Å²) in [4.78, 5) is 2.72. The fraction of sp³-hybridized carbons (Fsp3) is 1.00. The van der Waals surface area contributed by atoms with Gasteiger partial charge in [0.1, 0.15) is 0 Å². The predicted molar refractivity (Wildman–Crippen MR) is 89.7 cm³/mol. The van der Waals surface area contributed by atoms with Gasteiger partial charge in [-0.05, 0) is 46.0 Å². The molecule has 2 aliphatic heterocycles. The largest absolute Gasteiger partial charge is 0.371 e. The average Bonchev–Trinajstić information content (AvgIpc) is 2.77. The van der Waals surface area contributed by atoms with E-state index in [4.69, 9.17) is 4.74 Å². The molecular formula is C18H36N2O. The van der Waals surface area contributed by atoms with Crippen molar-refractivity contribution in [3.05, 3.63) is 0 Å². The molecule has 1 N–H and O–H groups in total. The van der Waals surface area contributed by atoms with Gasteiger partial charge in [-0.15, -0.1) is 0 Å². The van der Waals surface area contributed by atoms with Gasteiger partial charge >= 0.3 is 0 Å². The Morgan fingerprint density at radius 1 is 1.29 bits per heavy atom. The molecule has 2 heterocycles. The van der Waals surface area contributed by atoms with Gasteiger partial charge in [-0.1, -0.05) is 27.2 Å². The third-order valence-electron chi connectivity index (χ3n) is 5.83. The summed E-state index contributed by atoms with van der Waals surface area (Å²) < 4.78 is 6.25. The van der Waals surface area contributed by atoms with Crippen molar-refractivity contribution in [2.24, 2.45) is 5.92 Å². The van der Waals surface area contributed by atoms with Crippen LogP contribution in [-0.2, 0) is 4.74 Å². The van der Waals surface area contributed by atoms with Gasteiger partial charge in [0, 0.05) is 31.2 Å². The van der Waals surface area contributed by atoms with Crippen molar-refractivity contribution in [3.8, 4) is 0 Å². The summed E-state index contributed by atoms with van der Waals surface area (Å²) in [5.41, 5.74) is 0.344. The van der Waals surface area contributed by atoms with Gasteiger partial charge in [0.15, 0.2) is 0 Å². The molecular weight excluding hydrogens is 260 g/mol. The summed E-state index contributed by atoms with van der Waals surface area (Å²) in [6.07, 6.45) is 5.28. The Morgan fingerprint density at radius 2 is 2.00 bits per heavy atom. The number of hydrogen-bond donors (Lipinski definition) is 1. The molecule has 0 aliphatic carbocycles. The minimum absolute atomic E-state index is 0.0820. The van der Waals surface area contributed by atoms with Gasteiger partial charge in [-0.2, -0.15) is 0 Å². The van der Waals surface area contributed by atoms with E-state index in [9.17, 15) is 0 Å². The SMILES string of the molecule is CCC(C)C1CNC(C)(CC)CN1CC1CCC(C)(C)O1. The number of nitrogens with one attached hydrogen (secondary N) is 1. The molecule has 4 unspecified atom stereocenters. The van der Waals surface area contributed by atoms with Crippen LogP contribution in [0.3, 0.4) is 0 Å². The maximum Gasteiger partial charge on any atom is 0.0710 e. The molecule has 0 bridgehead atoms. The summed E-state index contributed by atoms with van der Waals surface area (Å²) in [7, 11) is 0. The molecule has 0 aromatic rings. The molecule has 3 nitrogen and oxygen atoms in total. The zero-order valence-corrected chi connectivity index (χ0v) is 15.0. The van der Waals surface area contributed by atoms with Crippen LogP contribution < -0.4 is 5.32 Å². The van der Waals surface area contributed by atoms with E-state index in [1.165, 1.54) is 25.7 Å². The molecule has 4 atom stereocenters. The molecule has 2 rings (SSSR count). The summed E-state index contributed by atoms with van der Waals surface area (Å²) in [6, 6.07) is 0.655. The van der Waals surface area contributed by atoms with Crippen LogP contribution in [0.2, 0.25) is 0 Å². The van der Waals surface area contributed by atoms with Crippen LogP contribution in [0.5, 0.6) is 0 Å². The third kappa shape index (κ3) is 4.20. The molecule has 0 saturated carbocycles.